The van der Waals surface area contributed by atoms with Crippen molar-refractivity contribution in [3.8, 4) is 0 Å². The number of hydrogen-bond donors (Lipinski definition) is 2. The van der Waals surface area contributed by atoms with Crippen LogP contribution in [-0.2, 0) is 4.79 Å². The molecule has 5 heteroatoms. The quantitative estimate of drug-likeness (QED) is 0.854. The lowest BCUT2D eigenvalue weighted by Gasteiger charge is -2.20. The van der Waals surface area contributed by atoms with Gasteiger partial charge in [-0.3, -0.25) is 9.59 Å². The molecule has 1 aromatic heterocycles. The number of H-pyrrole nitrogens is 1. The number of hydrogen-bond acceptors (Lipinski definition) is 2. The Balaban J connectivity index is 2.43. The molecule has 0 fully saturated rings. The molecular formula is C16H19ClN2O2. The number of pyridine rings is 1. The van der Waals surface area contributed by atoms with E-state index in [-0.39, 0.29) is 17.3 Å². The van der Waals surface area contributed by atoms with Crippen LogP contribution in [0.25, 0.3) is 10.9 Å². The van der Waals surface area contributed by atoms with Crippen molar-refractivity contribution in [3.05, 3.63) is 39.7 Å². The molecule has 0 aliphatic heterocycles. The van der Waals surface area contributed by atoms with Crippen LogP contribution in [0.5, 0.6) is 0 Å². The standard InChI is InChI=1S/C16H19ClN2O2/c1-9-10(2)14(20)19-13-7-11(5-6-12(9)13)18-15(21)16(3,4)8-17/h5-7H,8H2,1-4H3,(H,18,21)(H,19,20). The van der Waals surface area contributed by atoms with Crippen LogP contribution in [0.3, 0.4) is 0 Å². The molecule has 0 saturated heterocycles. The fourth-order valence-corrected chi connectivity index (χ4v) is 2.12. The lowest BCUT2D eigenvalue weighted by Crippen LogP contribution is -2.32. The number of benzene rings is 1. The molecule has 0 radical (unpaired) electrons. The Labute approximate surface area is 128 Å². The first-order valence-corrected chi connectivity index (χ1v) is 7.30. The second kappa shape index (κ2) is 5.53. The van der Waals surface area contributed by atoms with Crippen LogP contribution in [0, 0.1) is 19.3 Å². The van der Waals surface area contributed by atoms with Crippen LogP contribution < -0.4 is 10.9 Å². The summed E-state index contributed by atoms with van der Waals surface area (Å²) in [4.78, 5) is 26.8. The zero-order valence-electron chi connectivity index (χ0n) is 12.6. The lowest BCUT2D eigenvalue weighted by molar-refractivity contribution is -0.122. The minimum Gasteiger partial charge on any atom is -0.326 e. The molecule has 0 aliphatic rings. The van der Waals surface area contributed by atoms with Crippen molar-refractivity contribution in [2.24, 2.45) is 5.41 Å². The predicted octanol–water partition coefficient (Wildman–Crippen LogP) is 3.35. The molecule has 0 saturated carbocycles. The molecule has 4 nitrogen and oxygen atoms in total. The highest BCUT2D eigenvalue weighted by atomic mass is 35.5. The number of aromatic nitrogens is 1. The number of alkyl halides is 1. The van der Waals surface area contributed by atoms with Crippen molar-refractivity contribution in [1.29, 1.82) is 0 Å². The van der Waals surface area contributed by atoms with E-state index in [9.17, 15) is 9.59 Å². The summed E-state index contributed by atoms with van der Waals surface area (Å²) < 4.78 is 0. The van der Waals surface area contributed by atoms with Crippen molar-refractivity contribution in [3.63, 3.8) is 0 Å². The molecule has 2 aromatic rings. The number of nitrogens with one attached hydrogen (secondary N) is 2. The Morgan fingerprint density at radius 2 is 1.95 bits per heavy atom. The molecule has 0 bridgehead atoms. The summed E-state index contributed by atoms with van der Waals surface area (Å²) in [7, 11) is 0. The Morgan fingerprint density at radius 1 is 1.29 bits per heavy atom. The normalized spacial score (nSPS) is 11.7. The Bertz CT molecular complexity index is 763. The first kappa shape index (κ1) is 15.6. The Morgan fingerprint density at radius 3 is 2.57 bits per heavy atom. The van der Waals surface area contributed by atoms with E-state index in [0.717, 1.165) is 10.9 Å². The molecule has 112 valence electrons. The van der Waals surface area contributed by atoms with Crippen molar-refractivity contribution in [2.45, 2.75) is 27.7 Å². The van der Waals surface area contributed by atoms with Gasteiger partial charge in [-0.15, -0.1) is 11.6 Å². The first-order chi connectivity index (χ1) is 9.76. The maximum atomic E-state index is 12.1. The van der Waals surface area contributed by atoms with Crippen molar-refractivity contribution in [2.75, 3.05) is 11.2 Å². The van der Waals surface area contributed by atoms with Gasteiger partial charge in [0.05, 0.1) is 10.9 Å². The average molecular weight is 307 g/mol. The predicted molar refractivity (Wildman–Crippen MR) is 87.2 cm³/mol. The molecule has 21 heavy (non-hydrogen) atoms. The van der Waals surface area contributed by atoms with Crippen LogP contribution in [0.4, 0.5) is 5.69 Å². The fraction of sp³-hybridized carbons (Fsp3) is 0.375. The Hall–Kier alpha value is -1.81. The monoisotopic (exact) mass is 306 g/mol. The van der Waals surface area contributed by atoms with E-state index in [1.807, 2.05) is 19.1 Å². The molecule has 1 aromatic carbocycles. The summed E-state index contributed by atoms with van der Waals surface area (Å²) in [5.41, 5.74) is 2.27. The van der Waals surface area contributed by atoms with E-state index >= 15 is 0 Å². The van der Waals surface area contributed by atoms with Crippen molar-refractivity contribution >= 4 is 34.1 Å². The van der Waals surface area contributed by atoms with Gasteiger partial charge in [0, 0.05) is 22.5 Å². The van der Waals surface area contributed by atoms with Crippen LogP contribution in [0.1, 0.15) is 25.0 Å². The van der Waals surface area contributed by atoms with E-state index < -0.39 is 5.41 Å². The highest BCUT2D eigenvalue weighted by Crippen LogP contribution is 2.24. The summed E-state index contributed by atoms with van der Waals surface area (Å²) in [6.45, 7) is 7.28. The van der Waals surface area contributed by atoms with E-state index in [0.29, 0.717) is 16.8 Å². The number of fused-ring (bicyclic) bond motifs is 1. The number of halogens is 1. The van der Waals surface area contributed by atoms with Gasteiger partial charge in [0.15, 0.2) is 0 Å². The second-order valence-corrected chi connectivity index (χ2v) is 6.20. The smallest absolute Gasteiger partial charge is 0.251 e. The van der Waals surface area contributed by atoms with Crippen LogP contribution in [0.15, 0.2) is 23.0 Å². The van der Waals surface area contributed by atoms with Gasteiger partial charge in [0.1, 0.15) is 0 Å². The maximum absolute atomic E-state index is 12.1. The summed E-state index contributed by atoms with van der Waals surface area (Å²) in [5.74, 6) is 0.0877. The molecular weight excluding hydrogens is 288 g/mol. The first-order valence-electron chi connectivity index (χ1n) is 6.77. The lowest BCUT2D eigenvalue weighted by atomic mass is 9.95. The van der Waals surface area contributed by atoms with Gasteiger partial charge in [0.2, 0.25) is 5.91 Å². The summed E-state index contributed by atoms with van der Waals surface area (Å²) in [6.07, 6.45) is 0. The minimum absolute atomic E-state index is 0.107. The highest BCUT2D eigenvalue weighted by Gasteiger charge is 2.26. The van der Waals surface area contributed by atoms with E-state index in [2.05, 4.69) is 10.3 Å². The van der Waals surface area contributed by atoms with E-state index in [4.69, 9.17) is 11.6 Å². The van der Waals surface area contributed by atoms with Gasteiger partial charge < -0.3 is 10.3 Å². The van der Waals surface area contributed by atoms with Gasteiger partial charge in [-0.05, 0) is 45.4 Å². The average Bonchev–Trinajstić information content (AvgIpc) is 2.44. The molecule has 0 aliphatic carbocycles. The number of amides is 1. The van der Waals surface area contributed by atoms with Gasteiger partial charge >= 0.3 is 0 Å². The van der Waals surface area contributed by atoms with Gasteiger partial charge in [-0.2, -0.15) is 0 Å². The van der Waals surface area contributed by atoms with Crippen LogP contribution in [-0.4, -0.2) is 16.8 Å². The summed E-state index contributed by atoms with van der Waals surface area (Å²) in [6, 6.07) is 5.50. The molecule has 2 rings (SSSR count). The number of anilines is 1. The molecule has 0 spiro atoms. The van der Waals surface area contributed by atoms with Crippen molar-refractivity contribution in [1.82, 2.24) is 4.98 Å². The number of carbonyl (C=O) groups is 1. The molecule has 1 amide bonds. The van der Waals surface area contributed by atoms with Gasteiger partial charge in [-0.25, -0.2) is 0 Å². The zero-order chi connectivity index (χ0) is 15.8. The molecule has 2 N–H and O–H groups in total. The van der Waals surface area contributed by atoms with Crippen molar-refractivity contribution < 1.29 is 4.79 Å². The molecule has 1 heterocycles. The third-order valence-corrected chi connectivity index (χ3v) is 4.45. The Kier molecular flexibility index (Phi) is 4.10. The van der Waals surface area contributed by atoms with Crippen LogP contribution in [0.2, 0.25) is 0 Å². The number of aryl methyl sites for hydroxylation is 1. The summed E-state index contributed by atoms with van der Waals surface area (Å²) >= 11 is 5.80. The second-order valence-electron chi connectivity index (χ2n) is 5.94. The summed E-state index contributed by atoms with van der Waals surface area (Å²) in [5, 5.41) is 3.81. The maximum Gasteiger partial charge on any atom is 0.251 e. The third kappa shape index (κ3) is 2.95. The zero-order valence-corrected chi connectivity index (χ0v) is 13.4. The number of aromatic amines is 1. The third-order valence-electron chi connectivity index (χ3n) is 3.78. The number of rotatable bonds is 3. The topological polar surface area (TPSA) is 62.0 Å². The molecule has 0 unspecified atom stereocenters. The van der Waals surface area contributed by atoms with E-state index in [1.54, 1.807) is 26.8 Å². The van der Waals surface area contributed by atoms with Gasteiger partial charge in [-0.1, -0.05) is 6.07 Å². The SMILES string of the molecule is Cc1c(C)c2ccc(NC(=O)C(C)(C)CCl)cc2[nH]c1=O. The van der Waals surface area contributed by atoms with Crippen LogP contribution >= 0.6 is 11.6 Å². The highest BCUT2D eigenvalue weighted by molar-refractivity contribution is 6.20. The fourth-order valence-electron chi connectivity index (χ4n) is 2.00. The van der Waals surface area contributed by atoms with Gasteiger partial charge in [0.25, 0.3) is 5.56 Å². The molecule has 0 atom stereocenters. The van der Waals surface area contributed by atoms with E-state index in [1.165, 1.54) is 0 Å². The number of carbonyl (C=O) groups excluding carboxylic acids is 1. The minimum atomic E-state index is -0.646. The largest absolute Gasteiger partial charge is 0.326 e.